The van der Waals surface area contributed by atoms with Crippen LogP contribution in [0.25, 0.3) is 11.8 Å². The van der Waals surface area contributed by atoms with Gasteiger partial charge in [-0.15, -0.1) is 5.10 Å². The van der Waals surface area contributed by atoms with Crippen molar-refractivity contribution in [3.8, 4) is 17.2 Å². The predicted octanol–water partition coefficient (Wildman–Crippen LogP) is 3.49. The Morgan fingerprint density at radius 2 is 1.43 bits per heavy atom. The maximum atomic E-state index is 5.25. The zero-order valence-corrected chi connectivity index (χ0v) is 17.2. The van der Waals surface area contributed by atoms with Crippen LogP contribution in [0.3, 0.4) is 0 Å². The molecule has 2 heterocycles. The molecule has 0 saturated heterocycles. The Balaban J connectivity index is 1.72. The minimum atomic E-state index is 0.0913. The summed E-state index contributed by atoms with van der Waals surface area (Å²) in [5.74, 6) is 2.81. The third-order valence-electron chi connectivity index (χ3n) is 4.55. The quantitative estimate of drug-likeness (QED) is 0.618. The van der Waals surface area contributed by atoms with Crippen molar-refractivity contribution in [2.24, 2.45) is 10.4 Å². The number of methoxy groups -OCH3 is 2. The summed E-state index contributed by atoms with van der Waals surface area (Å²) < 4.78 is 12.1. The molecule has 0 radical (unpaired) electrons. The van der Waals surface area contributed by atoms with Gasteiger partial charge in [0.2, 0.25) is 0 Å². The molecule has 154 valence electrons. The van der Waals surface area contributed by atoms with Crippen LogP contribution in [-0.2, 0) is 0 Å². The molecule has 0 atom stereocenters. The van der Waals surface area contributed by atoms with Crippen molar-refractivity contribution in [3.05, 3.63) is 60.2 Å². The van der Waals surface area contributed by atoms with Gasteiger partial charge in [0.1, 0.15) is 11.5 Å². The van der Waals surface area contributed by atoms with Crippen molar-refractivity contribution in [1.82, 2.24) is 25.2 Å². The minimum Gasteiger partial charge on any atom is -0.497 e. The molecule has 0 unspecified atom stereocenters. The molecular formula is C20H22N8O2. The molecule has 1 aliphatic rings. The number of nitrogens with zero attached hydrogens (tertiary/aromatic N) is 8. The maximum absolute atomic E-state index is 5.25. The molecule has 0 saturated carbocycles. The maximum Gasteiger partial charge on any atom is 0.183 e. The van der Waals surface area contributed by atoms with Crippen molar-refractivity contribution in [2.45, 2.75) is 19.9 Å². The van der Waals surface area contributed by atoms with Crippen molar-refractivity contribution in [2.75, 3.05) is 19.2 Å². The number of rotatable bonds is 6. The van der Waals surface area contributed by atoms with E-state index in [4.69, 9.17) is 9.47 Å². The molecule has 2 aromatic carbocycles. The first kappa shape index (κ1) is 19.4. The fraction of sp³-hybridized carbons (Fsp3) is 0.250. The molecule has 10 heteroatoms. The monoisotopic (exact) mass is 406 g/mol. The van der Waals surface area contributed by atoms with Gasteiger partial charge in [-0.3, -0.25) is 0 Å². The van der Waals surface area contributed by atoms with Gasteiger partial charge in [-0.25, -0.2) is 5.01 Å². The summed E-state index contributed by atoms with van der Waals surface area (Å²) in [6, 6.07) is 15.2. The van der Waals surface area contributed by atoms with E-state index in [9.17, 15) is 0 Å². The highest BCUT2D eigenvalue weighted by Gasteiger charge is 2.28. The average molecular weight is 406 g/mol. The zero-order valence-electron chi connectivity index (χ0n) is 17.2. The van der Waals surface area contributed by atoms with Crippen LogP contribution in [-0.4, -0.2) is 45.5 Å². The van der Waals surface area contributed by atoms with E-state index in [2.05, 4.69) is 26.0 Å². The smallest absolute Gasteiger partial charge is 0.183 e. The molecule has 0 fully saturated rings. The summed E-state index contributed by atoms with van der Waals surface area (Å²) in [5.41, 5.74) is 1.66. The van der Waals surface area contributed by atoms with Gasteiger partial charge in [0, 0.05) is 6.08 Å². The number of hydrogen-bond acceptors (Lipinski definition) is 9. The summed E-state index contributed by atoms with van der Waals surface area (Å²) in [6.07, 6.45) is 1.86. The Kier molecular flexibility index (Phi) is 5.29. The summed E-state index contributed by atoms with van der Waals surface area (Å²) in [4.78, 5) is 0. The number of benzene rings is 2. The molecule has 0 bridgehead atoms. The third kappa shape index (κ3) is 3.66. The van der Waals surface area contributed by atoms with E-state index in [1.54, 1.807) is 23.9 Å². The molecular weight excluding hydrogens is 384 g/mol. The van der Waals surface area contributed by atoms with E-state index in [0.717, 1.165) is 28.7 Å². The van der Waals surface area contributed by atoms with Crippen LogP contribution in [0.4, 0.5) is 5.69 Å². The second-order valence-corrected chi connectivity index (χ2v) is 6.78. The Hall–Kier alpha value is -3.95. The van der Waals surface area contributed by atoms with E-state index < -0.39 is 0 Å². The average Bonchev–Trinajstić information content (AvgIpc) is 3.41. The fourth-order valence-corrected chi connectivity index (χ4v) is 2.98. The lowest BCUT2D eigenvalue weighted by molar-refractivity contribution is 0.307. The van der Waals surface area contributed by atoms with Crippen molar-refractivity contribution < 1.29 is 9.47 Å². The molecule has 0 amide bonds. The predicted molar refractivity (Wildman–Crippen MR) is 111 cm³/mol. The van der Waals surface area contributed by atoms with E-state index in [0.29, 0.717) is 5.82 Å². The lowest BCUT2D eigenvalue weighted by atomic mass is 10.2. The minimum absolute atomic E-state index is 0.0913. The van der Waals surface area contributed by atoms with Gasteiger partial charge in [-0.05, 0) is 83.3 Å². The first-order chi connectivity index (χ1) is 14.6. The Bertz CT molecular complexity index is 1060. The highest BCUT2D eigenvalue weighted by Crippen LogP contribution is 2.31. The standard InChI is InChI=1S/C20H22N8O2/c1-14(2)26-20(28(25-24-26)16-7-11-18(30-4)12-8-16)13-19-21-22-23-27(19)15-5-9-17(29-3)10-6-15/h5-14H,1-4H3. The van der Waals surface area contributed by atoms with Crippen LogP contribution in [0, 0.1) is 0 Å². The zero-order chi connectivity index (χ0) is 21.1. The van der Waals surface area contributed by atoms with Crippen LogP contribution in [0.1, 0.15) is 19.7 Å². The Labute approximate surface area is 174 Å². The number of ether oxygens (including phenoxy) is 2. The molecule has 0 spiro atoms. The van der Waals surface area contributed by atoms with Crippen LogP contribution in [0.5, 0.6) is 11.5 Å². The van der Waals surface area contributed by atoms with Gasteiger partial charge in [0.05, 0.1) is 31.6 Å². The van der Waals surface area contributed by atoms with Gasteiger partial charge >= 0.3 is 0 Å². The summed E-state index contributed by atoms with van der Waals surface area (Å²) in [5, 5.41) is 24.4. The van der Waals surface area contributed by atoms with E-state index in [1.807, 2.05) is 73.5 Å². The first-order valence-electron chi connectivity index (χ1n) is 9.40. The molecule has 4 rings (SSSR count). The molecule has 0 N–H and O–H groups in total. The topological polar surface area (TPSA) is 93.3 Å². The van der Waals surface area contributed by atoms with Crippen LogP contribution < -0.4 is 14.5 Å². The van der Waals surface area contributed by atoms with Gasteiger partial charge in [-0.2, -0.15) is 9.69 Å². The summed E-state index contributed by atoms with van der Waals surface area (Å²) in [7, 11) is 3.26. The van der Waals surface area contributed by atoms with Gasteiger partial charge < -0.3 is 9.47 Å². The van der Waals surface area contributed by atoms with E-state index >= 15 is 0 Å². The largest absolute Gasteiger partial charge is 0.497 e. The van der Waals surface area contributed by atoms with Crippen molar-refractivity contribution in [3.63, 3.8) is 0 Å². The van der Waals surface area contributed by atoms with E-state index in [-0.39, 0.29) is 6.04 Å². The molecule has 30 heavy (non-hydrogen) atoms. The summed E-state index contributed by atoms with van der Waals surface area (Å²) in [6.45, 7) is 4.08. The fourth-order valence-electron chi connectivity index (χ4n) is 2.98. The number of tetrazole rings is 1. The number of aromatic nitrogens is 4. The van der Waals surface area contributed by atoms with Gasteiger partial charge in [0.25, 0.3) is 0 Å². The van der Waals surface area contributed by atoms with Crippen LogP contribution in [0.2, 0.25) is 0 Å². The molecule has 0 aliphatic carbocycles. The second kappa shape index (κ2) is 8.19. The molecule has 1 aliphatic heterocycles. The van der Waals surface area contributed by atoms with Crippen molar-refractivity contribution in [1.29, 1.82) is 0 Å². The van der Waals surface area contributed by atoms with Crippen LogP contribution in [0.15, 0.2) is 64.8 Å². The van der Waals surface area contributed by atoms with E-state index in [1.165, 1.54) is 0 Å². The molecule has 1 aromatic heterocycles. The lowest BCUT2D eigenvalue weighted by Gasteiger charge is -2.23. The van der Waals surface area contributed by atoms with Crippen molar-refractivity contribution >= 4 is 11.8 Å². The highest BCUT2D eigenvalue weighted by atomic mass is 16.5. The van der Waals surface area contributed by atoms with Crippen LogP contribution >= 0.6 is 0 Å². The molecule has 3 aromatic rings. The second-order valence-electron chi connectivity index (χ2n) is 6.78. The molecule has 10 nitrogen and oxygen atoms in total. The number of hydrogen-bond donors (Lipinski definition) is 0. The van der Waals surface area contributed by atoms with Gasteiger partial charge in [-0.1, -0.05) is 0 Å². The SMILES string of the molecule is COc1ccc(N2N=NN(C(C)C)C2=Cc2nnnn2-c2ccc(OC)cc2)cc1. The summed E-state index contributed by atoms with van der Waals surface area (Å²) >= 11 is 0. The Morgan fingerprint density at radius 3 is 2.00 bits per heavy atom. The highest BCUT2D eigenvalue weighted by molar-refractivity contribution is 5.60. The lowest BCUT2D eigenvalue weighted by Crippen LogP contribution is -2.28. The Morgan fingerprint density at radius 1 is 0.833 bits per heavy atom. The number of anilines is 1. The third-order valence-corrected chi connectivity index (χ3v) is 4.55. The normalized spacial score (nSPS) is 14.8. The first-order valence-corrected chi connectivity index (χ1v) is 9.40. The van der Waals surface area contributed by atoms with Gasteiger partial charge in [0.15, 0.2) is 11.6 Å².